The van der Waals surface area contributed by atoms with Crippen LogP contribution in [0.15, 0.2) is 12.4 Å². The monoisotopic (exact) mass is 304 g/mol. The van der Waals surface area contributed by atoms with Gasteiger partial charge in [-0.05, 0) is 12.8 Å². The van der Waals surface area contributed by atoms with Gasteiger partial charge in [0.25, 0.3) is 5.91 Å². The van der Waals surface area contributed by atoms with Crippen LogP contribution in [-0.4, -0.2) is 48.2 Å². The van der Waals surface area contributed by atoms with Gasteiger partial charge in [0, 0.05) is 19.9 Å². The lowest BCUT2D eigenvalue weighted by atomic mass is 10.2. The Balaban J connectivity index is 0.00000200. The van der Waals surface area contributed by atoms with Crippen molar-refractivity contribution in [2.75, 3.05) is 25.6 Å². The summed E-state index contributed by atoms with van der Waals surface area (Å²) in [6.07, 6.45) is 4.53. The molecule has 2 rings (SSSR count). The van der Waals surface area contributed by atoms with Crippen molar-refractivity contribution in [1.82, 2.24) is 9.78 Å². The van der Waals surface area contributed by atoms with Crippen LogP contribution < -0.4 is 11.1 Å². The number of anilines is 1. The highest BCUT2D eigenvalue weighted by Gasteiger charge is 2.29. The fraction of sp³-hybridized carbons (Fsp3) is 0.667. The third-order valence-electron chi connectivity index (χ3n) is 3.09. The van der Waals surface area contributed by atoms with E-state index in [4.69, 9.17) is 15.2 Å². The molecule has 0 unspecified atom stereocenters. The number of nitrogens with zero attached hydrogens (tertiary/aromatic N) is 2. The number of carbonyl (C=O) groups excluding carboxylic acids is 1. The zero-order valence-corrected chi connectivity index (χ0v) is 12.3. The summed E-state index contributed by atoms with van der Waals surface area (Å²) in [4.78, 5) is 12.0. The minimum Gasteiger partial charge on any atom is -0.383 e. The standard InChI is InChI=1S/C12H20N4O3.ClH/c1-18-5-4-16-8-9(7-14-16)15-12(17)11-3-2-10(6-13)19-11;/h7-8,10-11H,2-6,13H2,1H3,(H,15,17);1H/t10-,11+;/m1./s1. The van der Waals surface area contributed by atoms with Gasteiger partial charge in [0.15, 0.2) is 0 Å². The van der Waals surface area contributed by atoms with Gasteiger partial charge in [0.2, 0.25) is 0 Å². The third-order valence-corrected chi connectivity index (χ3v) is 3.09. The third kappa shape index (κ3) is 4.45. The fourth-order valence-corrected chi connectivity index (χ4v) is 2.03. The van der Waals surface area contributed by atoms with Gasteiger partial charge in [-0.3, -0.25) is 9.48 Å². The predicted molar refractivity (Wildman–Crippen MR) is 76.9 cm³/mol. The average molecular weight is 305 g/mol. The van der Waals surface area contributed by atoms with E-state index in [-0.39, 0.29) is 24.4 Å². The normalized spacial score (nSPS) is 21.5. The number of rotatable bonds is 6. The summed E-state index contributed by atoms with van der Waals surface area (Å²) in [5, 5.41) is 6.92. The SMILES string of the molecule is COCCn1cc(NC(=O)[C@@H]2CC[C@H](CN)O2)cn1.Cl. The van der Waals surface area contributed by atoms with Crippen molar-refractivity contribution in [1.29, 1.82) is 0 Å². The van der Waals surface area contributed by atoms with E-state index in [1.165, 1.54) is 0 Å². The molecule has 3 N–H and O–H groups in total. The second-order valence-electron chi connectivity index (χ2n) is 4.53. The minimum absolute atomic E-state index is 0. The van der Waals surface area contributed by atoms with Crippen LogP contribution in [0.4, 0.5) is 5.69 Å². The van der Waals surface area contributed by atoms with Crippen LogP contribution in [0.2, 0.25) is 0 Å². The van der Waals surface area contributed by atoms with Crippen molar-refractivity contribution in [3.8, 4) is 0 Å². The molecule has 0 aromatic carbocycles. The van der Waals surface area contributed by atoms with E-state index in [9.17, 15) is 4.79 Å². The molecule has 2 heterocycles. The number of halogens is 1. The number of aromatic nitrogens is 2. The number of hydrogen-bond acceptors (Lipinski definition) is 5. The molecule has 1 fully saturated rings. The van der Waals surface area contributed by atoms with E-state index in [1.807, 2.05) is 0 Å². The van der Waals surface area contributed by atoms with Gasteiger partial charge in [0.1, 0.15) is 6.10 Å². The van der Waals surface area contributed by atoms with Gasteiger partial charge in [-0.25, -0.2) is 0 Å². The molecule has 1 aromatic rings. The molecular formula is C12H21ClN4O3. The van der Waals surface area contributed by atoms with Gasteiger partial charge in [-0.2, -0.15) is 5.10 Å². The quantitative estimate of drug-likeness (QED) is 0.793. The first kappa shape index (κ1) is 16.9. The molecule has 7 nitrogen and oxygen atoms in total. The Kier molecular flexibility index (Phi) is 6.94. The summed E-state index contributed by atoms with van der Waals surface area (Å²) in [7, 11) is 1.64. The highest BCUT2D eigenvalue weighted by Crippen LogP contribution is 2.20. The summed E-state index contributed by atoms with van der Waals surface area (Å²) in [6, 6.07) is 0. The molecule has 0 bridgehead atoms. The van der Waals surface area contributed by atoms with Crippen molar-refractivity contribution < 1.29 is 14.3 Å². The Bertz CT molecular complexity index is 427. The van der Waals surface area contributed by atoms with Gasteiger partial charge in [-0.1, -0.05) is 0 Å². The highest BCUT2D eigenvalue weighted by molar-refractivity contribution is 5.94. The summed E-state index contributed by atoms with van der Waals surface area (Å²) in [5.41, 5.74) is 6.18. The van der Waals surface area contributed by atoms with Gasteiger partial charge >= 0.3 is 0 Å². The zero-order chi connectivity index (χ0) is 13.7. The van der Waals surface area contributed by atoms with Crippen molar-refractivity contribution >= 4 is 24.0 Å². The lowest BCUT2D eigenvalue weighted by molar-refractivity contribution is -0.126. The topological polar surface area (TPSA) is 91.4 Å². The smallest absolute Gasteiger partial charge is 0.253 e. The molecule has 2 atom stereocenters. The molecule has 1 aromatic heterocycles. The average Bonchev–Trinajstić information content (AvgIpc) is 3.05. The van der Waals surface area contributed by atoms with Crippen LogP contribution in [0.5, 0.6) is 0 Å². The van der Waals surface area contributed by atoms with Crippen molar-refractivity contribution in [2.45, 2.75) is 31.6 Å². The summed E-state index contributed by atoms with van der Waals surface area (Å²) in [6.45, 7) is 1.69. The number of nitrogens with two attached hydrogens (primary N) is 1. The van der Waals surface area contributed by atoms with Crippen molar-refractivity contribution in [2.24, 2.45) is 5.73 Å². The second kappa shape index (κ2) is 8.21. The first-order valence-electron chi connectivity index (χ1n) is 6.40. The van der Waals surface area contributed by atoms with Crippen LogP contribution >= 0.6 is 12.4 Å². The molecule has 0 aliphatic carbocycles. The summed E-state index contributed by atoms with van der Waals surface area (Å²) >= 11 is 0. The molecule has 114 valence electrons. The minimum atomic E-state index is -0.407. The van der Waals surface area contributed by atoms with Crippen LogP contribution in [0.25, 0.3) is 0 Å². The number of methoxy groups -OCH3 is 1. The maximum Gasteiger partial charge on any atom is 0.253 e. The van der Waals surface area contributed by atoms with E-state index in [0.29, 0.717) is 31.8 Å². The largest absolute Gasteiger partial charge is 0.383 e. The fourth-order valence-electron chi connectivity index (χ4n) is 2.03. The maximum absolute atomic E-state index is 12.0. The first-order valence-corrected chi connectivity index (χ1v) is 6.40. The second-order valence-corrected chi connectivity index (χ2v) is 4.53. The molecule has 0 radical (unpaired) electrons. The lowest BCUT2D eigenvalue weighted by Gasteiger charge is -2.11. The molecule has 0 saturated carbocycles. The molecular weight excluding hydrogens is 284 g/mol. The lowest BCUT2D eigenvalue weighted by Crippen LogP contribution is -2.29. The van der Waals surface area contributed by atoms with E-state index in [2.05, 4.69) is 10.4 Å². The molecule has 0 spiro atoms. The Morgan fingerprint density at radius 2 is 2.45 bits per heavy atom. The van der Waals surface area contributed by atoms with Gasteiger partial charge in [-0.15, -0.1) is 12.4 Å². The maximum atomic E-state index is 12.0. The van der Waals surface area contributed by atoms with Crippen LogP contribution in [0.3, 0.4) is 0 Å². The van der Waals surface area contributed by atoms with Crippen molar-refractivity contribution in [3.05, 3.63) is 12.4 Å². The molecule has 1 saturated heterocycles. The number of amides is 1. The van der Waals surface area contributed by atoms with Gasteiger partial charge < -0.3 is 20.5 Å². The summed E-state index contributed by atoms with van der Waals surface area (Å²) in [5.74, 6) is -0.137. The molecule has 8 heteroatoms. The Labute approximate surface area is 124 Å². The van der Waals surface area contributed by atoms with Crippen LogP contribution in [0, 0.1) is 0 Å². The molecule has 1 aliphatic heterocycles. The first-order chi connectivity index (χ1) is 9.22. The van der Waals surface area contributed by atoms with Gasteiger partial charge in [0.05, 0.1) is 31.1 Å². The highest BCUT2D eigenvalue weighted by atomic mass is 35.5. The van der Waals surface area contributed by atoms with E-state index < -0.39 is 6.10 Å². The van der Waals surface area contributed by atoms with E-state index >= 15 is 0 Å². The number of nitrogens with one attached hydrogen (secondary N) is 1. The molecule has 20 heavy (non-hydrogen) atoms. The Morgan fingerprint density at radius 3 is 3.10 bits per heavy atom. The predicted octanol–water partition coefficient (Wildman–Crippen LogP) is 0.396. The zero-order valence-electron chi connectivity index (χ0n) is 11.4. The molecule has 1 amide bonds. The van der Waals surface area contributed by atoms with E-state index in [0.717, 1.165) is 6.42 Å². The summed E-state index contributed by atoms with van der Waals surface area (Å²) < 4.78 is 12.2. The number of ether oxygens (including phenoxy) is 2. The Morgan fingerprint density at radius 1 is 1.65 bits per heavy atom. The number of carbonyl (C=O) groups is 1. The Hall–Kier alpha value is -1.15. The van der Waals surface area contributed by atoms with Crippen molar-refractivity contribution in [3.63, 3.8) is 0 Å². The molecule has 1 aliphatic rings. The van der Waals surface area contributed by atoms with Crippen LogP contribution in [-0.2, 0) is 20.8 Å². The van der Waals surface area contributed by atoms with Crippen LogP contribution in [0.1, 0.15) is 12.8 Å². The number of hydrogen-bond donors (Lipinski definition) is 2. The van der Waals surface area contributed by atoms with E-state index in [1.54, 1.807) is 24.2 Å².